The summed E-state index contributed by atoms with van der Waals surface area (Å²) in [6.07, 6.45) is -3.02. The summed E-state index contributed by atoms with van der Waals surface area (Å²) in [6.45, 7) is 0. The highest BCUT2D eigenvalue weighted by molar-refractivity contribution is 7.13. The highest BCUT2D eigenvalue weighted by Crippen LogP contribution is 2.33. The summed E-state index contributed by atoms with van der Waals surface area (Å²) in [7, 11) is 0. The Morgan fingerprint density at radius 2 is 2.05 bits per heavy atom. The summed E-state index contributed by atoms with van der Waals surface area (Å²) in [6, 6.07) is 1.96. The molecule has 0 spiro atoms. The van der Waals surface area contributed by atoms with Crippen LogP contribution in [-0.4, -0.2) is 11.0 Å². The number of carbonyl (C=O) groups excluding carboxylic acids is 1. The molecule has 1 aromatic heterocycles. The van der Waals surface area contributed by atoms with Crippen molar-refractivity contribution in [3.8, 4) is 0 Å². The van der Waals surface area contributed by atoms with Gasteiger partial charge in [0.1, 0.15) is 0 Å². The Balaban J connectivity index is 2.14. The lowest BCUT2D eigenvalue weighted by atomic mass is 10.2. The summed E-state index contributed by atoms with van der Waals surface area (Å²) < 4.78 is 37.7. The molecule has 0 saturated heterocycles. The highest BCUT2D eigenvalue weighted by Gasteiger charge is 2.31. The van der Waals surface area contributed by atoms with Crippen LogP contribution in [0.15, 0.2) is 29.8 Å². The molecule has 1 aromatic carbocycles. The molecule has 0 aliphatic rings. The molecule has 1 heterocycles. The monoisotopic (exact) mass is 321 g/mol. The van der Waals surface area contributed by atoms with Gasteiger partial charge in [0.25, 0.3) is 0 Å². The number of nitrogens with one attached hydrogen (secondary N) is 2. The number of hydrogen-bond donors (Lipinski definition) is 2. The van der Waals surface area contributed by atoms with E-state index in [9.17, 15) is 18.0 Å². The quantitative estimate of drug-likeness (QED) is 0.858. The molecule has 2 N–H and O–H groups in total. The van der Waals surface area contributed by atoms with E-state index in [0.29, 0.717) is 5.13 Å². The van der Waals surface area contributed by atoms with Gasteiger partial charge in [-0.1, -0.05) is 11.6 Å². The van der Waals surface area contributed by atoms with Gasteiger partial charge in [-0.05, 0) is 18.2 Å². The molecule has 9 heteroatoms. The predicted octanol–water partition coefficient (Wildman–Crippen LogP) is 4.46. The largest absolute Gasteiger partial charge is 0.416 e. The minimum absolute atomic E-state index is 0.00675. The zero-order chi connectivity index (χ0) is 14.8. The SMILES string of the molecule is O=C(Nc1nccs1)Nc1cc(C(F)(F)F)ccc1Cl. The fraction of sp³-hybridized carbons (Fsp3) is 0.0909. The second-order valence-electron chi connectivity index (χ2n) is 3.61. The van der Waals surface area contributed by atoms with Crippen LogP contribution in [0.2, 0.25) is 5.02 Å². The Labute approximate surface area is 120 Å². The van der Waals surface area contributed by atoms with Gasteiger partial charge in [-0.15, -0.1) is 11.3 Å². The summed E-state index contributed by atoms with van der Waals surface area (Å²) in [5, 5.41) is 6.60. The smallest absolute Gasteiger partial charge is 0.306 e. The van der Waals surface area contributed by atoms with E-state index >= 15 is 0 Å². The standard InChI is InChI=1S/C11H7ClF3N3OS/c12-7-2-1-6(11(13,14)15)5-8(7)17-9(19)18-10-16-3-4-20-10/h1-5H,(H2,16,17,18,19). The summed E-state index contributed by atoms with van der Waals surface area (Å²) in [4.78, 5) is 15.4. The highest BCUT2D eigenvalue weighted by atomic mass is 35.5. The number of amides is 2. The minimum Gasteiger partial charge on any atom is -0.306 e. The second kappa shape index (κ2) is 5.68. The molecule has 0 radical (unpaired) electrons. The Morgan fingerprint density at radius 3 is 2.65 bits per heavy atom. The molecule has 0 saturated carbocycles. The van der Waals surface area contributed by atoms with E-state index in [4.69, 9.17) is 11.6 Å². The van der Waals surface area contributed by atoms with Crippen molar-refractivity contribution in [1.29, 1.82) is 0 Å². The van der Waals surface area contributed by atoms with Crippen LogP contribution in [0, 0.1) is 0 Å². The van der Waals surface area contributed by atoms with E-state index in [-0.39, 0.29) is 10.7 Å². The van der Waals surface area contributed by atoms with Crippen molar-refractivity contribution in [2.45, 2.75) is 6.18 Å². The average molecular weight is 322 g/mol. The lowest BCUT2D eigenvalue weighted by Gasteiger charge is -2.11. The number of nitrogens with zero attached hydrogens (tertiary/aromatic N) is 1. The molecule has 2 rings (SSSR count). The number of alkyl halides is 3. The number of hydrogen-bond acceptors (Lipinski definition) is 3. The summed E-state index contributed by atoms with van der Waals surface area (Å²) in [5.41, 5.74) is -1.03. The molecule has 2 amide bonds. The minimum atomic E-state index is -4.51. The Bertz CT molecular complexity index is 616. The van der Waals surface area contributed by atoms with E-state index < -0.39 is 17.8 Å². The zero-order valence-corrected chi connectivity index (χ0v) is 11.2. The first-order valence-electron chi connectivity index (χ1n) is 5.20. The van der Waals surface area contributed by atoms with Gasteiger partial charge >= 0.3 is 12.2 Å². The first-order valence-corrected chi connectivity index (χ1v) is 6.46. The van der Waals surface area contributed by atoms with Crippen LogP contribution in [0.3, 0.4) is 0 Å². The van der Waals surface area contributed by atoms with Crippen molar-refractivity contribution in [2.24, 2.45) is 0 Å². The van der Waals surface area contributed by atoms with Gasteiger partial charge in [0.05, 0.1) is 16.3 Å². The number of rotatable bonds is 2. The topological polar surface area (TPSA) is 54.0 Å². The number of benzene rings is 1. The van der Waals surface area contributed by atoms with Gasteiger partial charge in [0, 0.05) is 11.6 Å². The van der Waals surface area contributed by atoms with Gasteiger partial charge in [0.15, 0.2) is 5.13 Å². The van der Waals surface area contributed by atoms with Crippen LogP contribution >= 0.6 is 22.9 Å². The van der Waals surface area contributed by atoms with E-state index in [1.165, 1.54) is 17.5 Å². The van der Waals surface area contributed by atoms with Crippen molar-refractivity contribution in [2.75, 3.05) is 10.6 Å². The average Bonchev–Trinajstić information content (AvgIpc) is 2.83. The molecule has 106 valence electrons. The summed E-state index contributed by atoms with van der Waals surface area (Å²) >= 11 is 6.93. The van der Waals surface area contributed by atoms with Crippen LogP contribution in [0.1, 0.15) is 5.56 Å². The predicted molar refractivity (Wildman–Crippen MR) is 71.2 cm³/mol. The van der Waals surface area contributed by atoms with Crippen LogP contribution < -0.4 is 10.6 Å². The molecule has 0 unspecified atom stereocenters. The second-order valence-corrected chi connectivity index (χ2v) is 4.91. The molecule has 0 aliphatic carbocycles. The Hall–Kier alpha value is -1.80. The maximum atomic E-state index is 12.6. The third kappa shape index (κ3) is 3.61. The van der Waals surface area contributed by atoms with Gasteiger partial charge < -0.3 is 5.32 Å². The molecule has 0 aliphatic heterocycles. The zero-order valence-electron chi connectivity index (χ0n) is 9.66. The van der Waals surface area contributed by atoms with Gasteiger partial charge in [0.2, 0.25) is 0 Å². The van der Waals surface area contributed by atoms with Crippen molar-refractivity contribution in [3.05, 3.63) is 40.4 Å². The first kappa shape index (κ1) is 14.6. The van der Waals surface area contributed by atoms with E-state index in [2.05, 4.69) is 15.6 Å². The number of carbonyl (C=O) groups is 1. The molecule has 0 fully saturated rings. The van der Waals surface area contributed by atoms with Crippen LogP contribution in [0.5, 0.6) is 0 Å². The third-order valence-corrected chi connectivity index (χ3v) is 3.21. The van der Waals surface area contributed by atoms with Crippen LogP contribution in [0.4, 0.5) is 28.8 Å². The van der Waals surface area contributed by atoms with Gasteiger partial charge in [-0.2, -0.15) is 13.2 Å². The third-order valence-electron chi connectivity index (χ3n) is 2.19. The molecule has 4 nitrogen and oxygen atoms in total. The van der Waals surface area contributed by atoms with Crippen molar-refractivity contribution in [1.82, 2.24) is 4.98 Å². The molecule has 0 atom stereocenters. The normalized spacial score (nSPS) is 11.2. The first-order chi connectivity index (χ1) is 9.36. The molecular weight excluding hydrogens is 315 g/mol. The van der Waals surface area contributed by atoms with Crippen LogP contribution in [-0.2, 0) is 6.18 Å². The molecule has 0 bridgehead atoms. The summed E-state index contributed by atoms with van der Waals surface area (Å²) in [5.74, 6) is 0. The maximum Gasteiger partial charge on any atom is 0.416 e. The van der Waals surface area contributed by atoms with Gasteiger partial charge in [-0.3, -0.25) is 5.32 Å². The molecule has 20 heavy (non-hydrogen) atoms. The fourth-order valence-corrected chi connectivity index (χ4v) is 2.02. The lowest BCUT2D eigenvalue weighted by molar-refractivity contribution is -0.137. The number of aromatic nitrogens is 1. The van der Waals surface area contributed by atoms with Crippen molar-refractivity contribution in [3.63, 3.8) is 0 Å². The molecule has 2 aromatic rings. The Kier molecular flexibility index (Phi) is 4.15. The lowest BCUT2D eigenvalue weighted by Crippen LogP contribution is -2.20. The number of anilines is 2. The van der Waals surface area contributed by atoms with Crippen molar-refractivity contribution >= 4 is 39.8 Å². The fourth-order valence-electron chi connectivity index (χ4n) is 1.33. The number of thiazole rings is 1. The van der Waals surface area contributed by atoms with Crippen molar-refractivity contribution < 1.29 is 18.0 Å². The van der Waals surface area contributed by atoms with E-state index in [0.717, 1.165) is 18.2 Å². The van der Waals surface area contributed by atoms with Crippen LogP contribution in [0.25, 0.3) is 0 Å². The maximum absolute atomic E-state index is 12.6. The van der Waals surface area contributed by atoms with E-state index in [1.807, 2.05) is 0 Å². The Morgan fingerprint density at radius 1 is 1.30 bits per heavy atom. The van der Waals surface area contributed by atoms with Gasteiger partial charge in [-0.25, -0.2) is 9.78 Å². The number of halogens is 4. The molecular formula is C11H7ClF3N3OS. The van der Waals surface area contributed by atoms with E-state index in [1.54, 1.807) is 5.38 Å². The number of urea groups is 1.